The number of anilines is 1. The van der Waals surface area contributed by atoms with Crippen molar-refractivity contribution in [3.05, 3.63) is 18.6 Å². The highest BCUT2D eigenvalue weighted by atomic mass is 16.5. The maximum absolute atomic E-state index is 5.65. The molecule has 0 bridgehead atoms. The van der Waals surface area contributed by atoms with Gasteiger partial charge in [0.25, 0.3) is 0 Å². The summed E-state index contributed by atoms with van der Waals surface area (Å²) >= 11 is 0. The Morgan fingerprint density at radius 3 is 2.80 bits per heavy atom. The molecule has 5 nitrogen and oxygen atoms in total. The van der Waals surface area contributed by atoms with Gasteiger partial charge in [0.05, 0.1) is 12.8 Å². The number of ether oxygens (including phenoxy) is 1. The number of nitrogens with two attached hydrogens (primary N) is 1. The minimum absolute atomic E-state index is 0. The first kappa shape index (κ1) is 11.3. The van der Waals surface area contributed by atoms with E-state index in [1.165, 1.54) is 6.42 Å². The van der Waals surface area contributed by atoms with Crippen molar-refractivity contribution in [3.8, 4) is 5.75 Å². The van der Waals surface area contributed by atoms with Crippen molar-refractivity contribution in [2.75, 3.05) is 12.8 Å². The first-order valence-corrected chi connectivity index (χ1v) is 4.85. The lowest BCUT2D eigenvalue weighted by molar-refractivity contribution is 0.417. The van der Waals surface area contributed by atoms with E-state index in [-0.39, 0.29) is 1.43 Å². The molecule has 5 heteroatoms. The summed E-state index contributed by atoms with van der Waals surface area (Å²) in [6.07, 6.45) is 4.55. The van der Waals surface area contributed by atoms with Crippen molar-refractivity contribution in [1.82, 2.24) is 14.6 Å². The van der Waals surface area contributed by atoms with E-state index in [0.29, 0.717) is 11.4 Å². The molecule has 0 aliphatic carbocycles. The summed E-state index contributed by atoms with van der Waals surface area (Å²) in [4.78, 5) is 0. The molecule has 2 aromatic rings. The van der Waals surface area contributed by atoms with Crippen molar-refractivity contribution >= 4 is 11.3 Å². The van der Waals surface area contributed by atoms with Crippen LogP contribution in [0.4, 0.5) is 5.69 Å². The third-order valence-electron chi connectivity index (χ3n) is 1.64. The highest BCUT2D eigenvalue weighted by Crippen LogP contribution is 2.21. The highest BCUT2D eigenvalue weighted by Gasteiger charge is 2.02. The van der Waals surface area contributed by atoms with Gasteiger partial charge in [-0.3, -0.25) is 4.40 Å². The molecule has 0 aromatic carbocycles. The van der Waals surface area contributed by atoms with Crippen LogP contribution in [0.5, 0.6) is 5.75 Å². The molecule has 0 aliphatic rings. The minimum atomic E-state index is 0. The predicted molar refractivity (Wildman–Crippen MR) is 62.0 cm³/mol. The average Bonchev–Trinajstić information content (AvgIpc) is 2.64. The average molecular weight is 210 g/mol. The molecule has 0 atom stereocenters. The van der Waals surface area contributed by atoms with E-state index in [1.54, 1.807) is 30.1 Å². The number of rotatable bonds is 1. The molecule has 0 saturated heterocycles. The third kappa shape index (κ3) is 2.59. The number of aromatic nitrogens is 3. The normalized spacial score (nSPS) is 9.53. The summed E-state index contributed by atoms with van der Waals surface area (Å²) in [5.74, 6) is 0.621. The number of pyridine rings is 1. The molecule has 84 valence electrons. The van der Waals surface area contributed by atoms with Crippen LogP contribution in [0, 0.1) is 0 Å². The Morgan fingerprint density at radius 1 is 1.53 bits per heavy atom. The summed E-state index contributed by atoms with van der Waals surface area (Å²) in [6.45, 7) is 4.25. The fourth-order valence-corrected chi connectivity index (χ4v) is 1.05. The Hall–Kier alpha value is -1.78. The Kier molecular flexibility index (Phi) is 3.91. The van der Waals surface area contributed by atoms with Crippen LogP contribution >= 0.6 is 0 Å². The Labute approximate surface area is 90.4 Å². The predicted octanol–water partition coefficient (Wildman–Crippen LogP) is 1.98. The summed E-state index contributed by atoms with van der Waals surface area (Å²) in [7, 11) is 1.57. The zero-order chi connectivity index (χ0) is 11.3. The van der Waals surface area contributed by atoms with Crippen LogP contribution < -0.4 is 10.5 Å². The molecule has 0 amide bonds. The van der Waals surface area contributed by atoms with Crippen molar-refractivity contribution < 1.29 is 6.16 Å². The molecule has 0 unspecified atom stereocenters. The Morgan fingerprint density at radius 2 is 2.20 bits per heavy atom. The fourth-order valence-electron chi connectivity index (χ4n) is 1.05. The van der Waals surface area contributed by atoms with E-state index in [0.717, 1.165) is 5.65 Å². The Bertz CT molecular complexity index is 430. The van der Waals surface area contributed by atoms with E-state index in [9.17, 15) is 0 Å². The molecule has 0 radical (unpaired) electrons. The summed E-state index contributed by atoms with van der Waals surface area (Å²) in [5.41, 5.74) is 6.95. The number of nitrogen functional groups attached to an aromatic ring is 1. The maximum atomic E-state index is 5.65. The Balaban J connectivity index is 0.000000511. The largest absolute Gasteiger partial charge is 0.494 e. The van der Waals surface area contributed by atoms with Gasteiger partial charge in [0.1, 0.15) is 12.1 Å². The van der Waals surface area contributed by atoms with Gasteiger partial charge in [-0.25, -0.2) is 0 Å². The van der Waals surface area contributed by atoms with E-state index >= 15 is 0 Å². The number of nitrogens with zero attached hydrogens (tertiary/aromatic N) is 3. The van der Waals surface area contributed by atoms with Gasteiger partial charge in [-0.2, -0.15) is 0 Å². The molecule has 2 N–H and O–H groups in total. The molecule has 2 heterocycles. The fraction of sp³-hybridized carbons (Fsp3) is 0.400. The number of methoxy groups -OCH3 is 1. The summed E-state index contributed by atoms with van der Waals surface area (Å²) < 4.78 is 6.75. The third-order valence-corrected chi connectivity index (χ3v) is 1.64. The van der Waals surface area contributed by atoms with E-state index < -0.39 is 0 Å². The zero-order valence-corrected chi connectivity index (χ0v) is 9.27. The van der Waals surface area contributed by atoms with E-state index in [2.05, 4.69) is 24.0 Å². The summed E-state index contributed by atoms with van der Waals surface area (Å²) in [5, 5.41) is 7.57. The van der Waals surface area contributed by atoms with Gasteiger partial charge in [-0.15, -0.1) is 10.2 Å². The molecular formula is C10H18N4O. The van der Waals surface area contributed by atoms with Crippen molar-refractivity contribution in [3.63, 3.8) is 0 Å². The highest BCUT2D eigenvalue weighted by molar-refractivity contribution is 5.58. The first-order chi connectivity index (χ1) is 7.22. The summed E-state index contributed by atoms with van der Waals surface area (Å²) in [6, 6.07) is 1.74. The van der Waals surface area contributed by atoms with Crippen LogP contribution in [0.25, 0.3) is 5.65 Å². The smallest absolute Gasteiger partial charge is 0.164 e. The first-order valence-electron chi connectivity index (χ1n) is 4.85. The van der Waals surface area contributed by atoms with Crippen LogP contribution in [0.15, 0.2) is 18.6 Å². The van der Waals surface area contributed by atoms with E-state index in [4.69, 9.17) is 10.5 Å². The molecule has 0 fully saturated rings. The van der Waals surface area contributed by atoms with Gasteiger partial charge in [-0.05, 0) is 0 Å². The van der Waals surface area contributed by atoms with Crippen LogP contribution in [0.1, 0.15) is 21.7 Å². The molecule has 0 spiro atoms. The standard InChI is InChI=1S/C7H8N4O.C3H8.H2/c1-12-6-2-7-10-9-4-11(7)3-5(6)8;1-3-2;/h2-4H,8H2,1H3;3H2,1-2H3;1H. The van der Waals surface area contributed by atoms with Crippen molar-refractivity contribution in [2.24, 2.45) is 0 Å². The molecular weight excluding hydrogens is 192 g/mol. The van der Waals surface area contributed by atoms with Gasteiger partial charge in [-0.1, -0.05) is 20.3 Å². The molecule has 2 rings (SSSR count). The second-order valence-corrected chi connectivity index (χ2v) is 3.10. The van der Waals surface area contributed by atoms with Gasteiger partial charge in [0.15, 0.2) is 5.65 Å². The SMILES string of the molecule is CCC.COc1cc2nncn2cc1N.[HH]. The second kappa shape index (κ2) is 5.19. The van der Waals surface area contributed by atoms with Gasteiger partial charge < -0.3 is 10.5 Å². The number of fused-ring (bicyclic) bond motifs is 1. The van der Waals surface area contributed by atoms with Crippen LogP contribution in [-0.4, -0.2) is 21.7 Å². The van der Waals surface area contributed by atoms with Gasteiger partial charge in [0, 0.05) is 13.7 Å². The lowest BCUT2D eigenvalue weighted by Gasteiger charge is -2.03. The zero-order valence-electron chi connectivity index (χ0n) is 9.27. The molecule has 0 saturated carbocycles. The minimum Gasteiger partial charge on any atom is -0.494 e. The number of hydrogen-bond donors (Lipinski definition) is 1. The topological polar surface area (TPSA) is 65.4 Å². The quantitative estimate of drug-likeness (QED) is 0.781. The lowest BCUT2D eigenvalue weighted by atomic mass is 10.4. The lowest BCUT2D eigenvalue weighted by Crippen LogP contribution is -1.95. The van der Waals surface area contributed by atoms with Crippen LogP contribution in [0.3, 0.4) is 0 Å². The van der Waals surface area contributed by atoms with Gasteiger partial charge >= 0.3 is 0 Å². The molecule has 0 aliphatic heterocycles. The van der Waals surface area contributed by atoms with Crippen molar-refractivity contribution in [2.45, 2.75) is 20.3 Å². The number of hydrogen-bond acceptors (Lipinski definition) is 4. The van der Waals surface area contributed by atoms with Crippen LogP contribution in [-0.2, 0) is 0 Å². The van der Waals surface area contributed by atoms with E-state index in [1.807, 2.05) is 0 Å². The molecule has 2 aromatic heterocycles. The van der Waals surface area contributed by atoms with Gasteiger partial charge in [0.2, 0.25) is 0 Å². The molecule has 15 heavy (non-hydrogen) atoms. The van der Waals surface area contributed by atoms with Crippen LogP contribution in [0.2, 0.25) is 0 Å². The maximum Gasteiger partial charge on any atom is 0.164 e. The second-order valence-electron chi connectivity index (χ2n) is 3.10. The monoisotopic (exact) mass is 210 g/mol. The van der Waals surface area contributed by atoms with Crippen molar-refractivity contribution in [1.29, 1.82) is 0 Å².